The predicted octanol–water partition coefficient (Wildman–Crippen LogP) is 2.27. The van der Waals surface area contributed by atoms with Crippen LogP contribution in [0.2, 0.25) is 0 Å². The fourth-order valence-corrected chi connectivity index (χ4v) is 2.65. The maximum absolute atomic E-state index is 10.4. The minimum absolute atomic E-state index is 0.0986. The maximum Gasteiger partial charge on any atom is 0.303 e. The zero-order valence-corrected chi connectivity index (χ0v) is 12.9. The molecule has 8 heteroatoms. The van der Waals surface area contributed by atoms with E-state index in [1.54, 1.807) is 11.3 Å². The van der Waals surface area contributed by atoms with Crippen molar-refractivity contribution in [1.29, 1.82) is 0 Å². The Balaban J connectivity index is 1.83. The van der Waals surface area contributed by atoms with Crippen LogP contribution in [0.25, 0.3) is 21.9 Å². The number of nitrogens with zero attached hydrogens (tertiary/aromatic N) is 3. The molecule has 3 aromatic rings. The first kappa shape index (κ1) is 15.0. The van der Waals surface area contributed by atoms with Crippen molar-refractivity contribution < 1.29 is 9.90 Å². The van der Waals surface area contributed by atoms with Crippen molar-refractivity contribution in [1.82, 2.24) is 19.9 Å². The van der Waals surface area contributed by atoms with E-state index in [4.69, 9.17) is 10.8 Å². The number of hydrogen-bond acceptors (Lipinski definition) is 6. The summed E-state index contributed by atoms with van der Waals surface area (Å²) in [6.45, 7) is 0. The van der Waals surface area contributed by atoms with Crippen LogP contribution in [0.4, 0.5) is 5.82 Å². The molecule has 4 N–H and O–H groups in total. The first-order chi connectivity index (χ1) is 11.1. The minimum Gasteiger partial charge on any atom is -0.481 e. The van der Waals surface area contributed by atoms with Gasteiger partial charge in [-0.3, -0.25) is 4.79 Å². The second-order valence-electron chi connectivity index (χ2n) is 4.74. The number of aromatic nitrogens is 4. The van der Waals surface area contributed by atoms with Crippen molar-refractivity contribution >= 4 is 34.3 Å². The lowest BCUT2D eigenvalue weighted by molar-refractivity contribution is -0.137. The second-order valence-corrected chi connectivity index (χ2v) is 5.69. The van der Waals surface area contributed by atoms with Crippen LogP contribution >= 0.6 is 11.3 Å². The van der Waals surface area contributed by atoms with Gasteiger partial charge in [0.15, 0.2) is 17.0 Å². The molecule has 0 aromatic carbocycles. The Morgan fingerprint density at radius 1 is 1.39 bits per heavy atom. The Labute approximate surface area is 135 Å². The molecule has 3 heterocycles. The van der Waals surface area contributed by atoms with Gasteiger partial charge in [-0.05, 0) is 23.8 Å². The number of H-pyrrole nitrogens is 1. The predicted molar refractivity (Wildman–Crippen MR) is 87.8 cm³/mol. The van der Waals surface area contributed by atoms with E-state index in [2.05, 4.69) is 31.8 Å². The van der Waals surface area contributed by atoms with Crippen molar-refractivity contribution in [2.24, 2.45) is 0 Å². The van der Waals surface area contributed by atoms with E-state index < -0.39 is 5.97 Å². The van der Waals surface area contributed by atoms with Crippen LogP contribution in [-0.4, -0.2) is 31.0 Å². The van der Waals surface area contributed by atoms with Gasteiger partial charge in [0, 0.05) is 12.8 Å². The molecule has 116 valence electrons. The van der Waals surface area contributed by atoms with E-state index in [-0.39, 0.29) is 12.2 Å². The molecule has 0 saturated heterocycles. The largest absolute Gasteiger partial charge is 0.481 e. The Morgan fingerprint density at radius 2 is 2.26 bits per heavy atom. The molecule has 0 aliphatic heterocycles. The van der Waals surface area contributed by atoms with Gasteiger partial charge in [0.2, 0.25) is 5.82 Å². The number of imidazole rings is 1. The molecule has 0 spiro atoms. The van der Waals surface area contributed by atoms with E-state index in [9.17, 15) is 4.79 Å². The maximum atomic E-state index is 10.4. The number of carboxylic acid groups (broad SMARTS) is 1. The van der Waals surface area contributed by atoms with Crippen molar-refractivity contribution in [3.63, 3.8) is 0 Å². The van der Waals surface area contributed by atoms with E-state index in [0.717, 1.165) is 4.88 Å². The number of carboxylic acids is 1. The summed E-state index contributed by atoms with van der Waals surface area (Å²) in [6, 6.07) is 3.89. The van der Waals surface area contributed by atoms with Gasteiger partial charge in [-0.25, -0.2) is 15.0 Å². The highest BCUT2D eigenvalue weighted by Gasteiger charge is 2.11. The molecule has 0 bridgehead atoms. The second kappa shape index (κ2) is 6.46. The topological polar surface area (TPSA) is 118 Å². The molecule has 0 radical (unpaired) electrons. The van der Waals surface area contributed by atoms with Gasteiger partial charge in [0.05, 0.1) is 4.88 Å². The fourth-order valence-electron chi connectivity index (χ4n) is 1.98. The van der Waals surface area contributed by atoms with Crippen LogP contribution in [0.3, 0.4) is 0 Å². The number of nitrogen functional groups attached to an aromatic ring is 1. The minimum atomic E-state index is -0.827. The van der Waals surface area contributed by atoms with E-state index in [0.29, 0.717) is 35.7 Å². The zero-order chi connectivity index (χ0) is 16.2. The van der Waals surface area contributed by atoms with Crippen molar-refractivity contribution in [3.8, 4) is 22.5 Å². The number of rotatable bonds is 4. The van der Waals surface area contributed by atoms with E-state index in [1.165, 1.54) is 0 Å². The summed E-state index contributed by atoms with van der Waals surface area (Å²) in [5, 5.41) is 10.5. The Kier molecular flexibility index (Phi) is 4.21. The molecule has 0 aliphatic rings. The number of aliphatic carboxylic acids is 1. The van der Waals surface area contributed by atoms with Crippen molar-refractivity contribution in [2.45, 2.75) is 19.3 Å². The summed E-state index contributed by atoms with van der Waals surface area (Å²) in [6.07, 6.45) is 1.06. The molecule has 7 nitrogen and oxygen atoms in total. The molecule has 3 aromatic heterocycles. The SMILES string of the molecule is Nc1nc(C#CCCCC(=O)O)nc2[nH]c(-c3cccs3)nc12. The van der Waals surface area contributed by atoms with Crippen LogP contribution in [0.1, 0.15) is 25.1 Å². The molecule has 3 rings (SSSR count). The molecule has 0 aliphatic carbocycles. The van der Waals surface area contributed by atoms with Gasteiger partial charge in [-0.1, -0.05) is 12.0 Å². The summed E-state index contributed by atoms with van der Waals surface area (Å²) >= 11 is 1.56. The zero-order valence-electron chi connectivity index (χ0n) is 12.0. The molecule has 0 atom stereocenters. The van der Waals surface area contributed by atoms with E-state index >= 15 is 0 Å². The number of hydrogen-bond donors (Lipinski definition) is 3. The third-order valence-corrected chi connectivity index (χ3v) is 3.90. The highest BCUT2D eigenvalue weighted by Crippen LogP contribution is 2.25. The van der Waals surface area contributed by atoms with Crippen LogP contribution in [0, 0.1) is 11.8 Å². The number of thiophene rings is 1. The highest BCUT2D eigenvalue weighted by atomic mass is 32.1. The first-order valence-electron chi connectivity index (χ1n) is 6.91. The number of nitrogens with one attached hydrogen (secondary N) is 1. The lowest BCUT2D eigenvalue weighted by Crippen LogP contribution is -1.97. The average Bonchev–Trinajstić information content (AvgIpc) is 3.15. The molecule has 0 fully saturated rings. The van der Waals surface area contributed by atoms with Crippen molar-refractivity contribution in [3.05, 3.63) is 23.3 Å². The van der Waals surface area contributed by atoms with Gasteiger partial charge in [0.1, 0.15) is 5.82 Å². The molecule has 0 amide bonds. The van der Waals surface area contributed by atoms with Gasteiger partial charge in [0.25, 0.3) is 0 Å². The quantitative estimate of drug-likeness (QED) is 0.500. The smallest absolute Gasteiger partial charge is 0.303 e. The third kappa shape index (κ3) is 3.46. The summed E-state index contributed by atoms with van der Waals surface area (Å²) < 4.78 is 0. The summed E-state index contributed by atoms with van der Waals surface area (Å²) in [7, 11) is 0. The normalized spacial score (nSPS) is 10.4. The molecular formula is C15H13N5O2S. The Hall–Kier alpha value is -2.92. The molecule has 0 unspecified atom stereocenters. The summed E-state index contributed by atoms with van der Waals surface area (Å²) in [5.41, 5.74) is 6.97. The standard InChI is InChI=1S/C15H13N5O2S/c16-13-12-15(20-14(19-12)9-5-4-8-23-9)18-10(17-13)6-2-1-3-7-11(21)22/h4-5,8H,1,3,7H2,(H,21,22)(H3,16,17,18,19,20). The number of nitrogens with two attached hydrogens (primary N) is 1. The third-order valence-electron chi connectivity index (χ3n) is 3.02. The number of fused-ring (bicyclic) bond motifs is 1. The molecule has 0 saturated carbocycles. The van der Waals surface area contributed by atoms with E-state index in [1.807, 2.05) is 17.5 Å². The summed E-state index contributed by atoms with van der Waals surface area (Å²) in [4.78, 5) is 27.4. The monoisotopic (exact) mass is 327 g/mol. The number of unbranched alkanes of at least 4 members (excludes halogenated alkanes) is 1. The Bertz CT molecular complexity index is 905. The average molecular weight is 327 g/mol. The van der Waals surface area contributed by atoms with Gasteiger partial charge in [-0.2, -0.15) is 0 Å². The van der Waals surface area contributed by atoms with Crippen LogP contribution in [0.5, 0.6) is 0 Å². The number of carbonyl (C=O) groups is 1. The number of aromatic amines is 1. The lowest BCUT2D eigenvalue weighted by atomic mass is 10.2. The van der Waals surface area contributed by atoms with Crippen molar-refractivity contribution in [2.75, 3.05) is 5.73 Å². The number of anilines is 1. The Morgan fingerprint density at radius 3 is 3.00 bits per heavy atom. The summed E-state index contributed by atoms with van der Waals surface area (Å²) in [5.74, 6) is 6.10. The molecular weight excluding hydrogens is 314 g/mol. The first-order valence-corrected chi connectivity index (χ1v) is 7.79. The van der Waals surface area contributed by atoms with Gasteiger partial charge >= 0.3 is 5.97 Å². The van der Waals surface area contributed by atoms with Gasteiger partial charge in [-0.15, -0.1) is 11.3 Å². The lowest BCUT2D eigenvalue weighted by Gasteiger charge is -1.94. The molecule has 23 heavy (non-hydrogen) atoms. The highest BCUT2D eigenvalue weighted by molar-refractivity contribution is 7.13. The van der Waals surface area contributed by atoms with Crippen LogP contribution in [-0.2, 0) is 4.79 Å². The van der Waals surface area contributed by atoms with Crippen LogP contribution < -0.4 is 5.73 Å². The van der Waals surface area contributed by atoms with Gasteiger partial charge < -0.3 is 15.8 Å². The van der Waals surface area contributed by atoms with Crippen LogP contribution in [0.15, 0.2) is 17.5 Å². The fraction of sp³-hybridized carbons (Fsp3) is 0.200.